The monoisotopic (exact) mass is 217 g/mol. The Morgan fingerprint density at radius 3 is 2.45 bits per heavy atom. The SMILES string of the molecule is CC.COc1cnccc1Br. The molecule has 0 unspecified atom stereocenters. The average Bonchev–Trinajstić information content (AvgIpc) is 2.09. The average molecular weight is 218 g/mol. The van der Waals surface area contributed by atoms with Crippen LogP contribution in [0.4, 0.5) is 0 Å². The first-order valence-corrected chi connectivity index (χ1v) is 4.27. The number of methoxy groups -OCH3 is 1. The van der Waals surface area contributed by atoms with Gasteiger partial charge in [-0.1, -0.05) is 13.8 Å². The molecule has 0 N–H and O–H groups in total. The lowest BCUT2D eigenvalue weighted by atomic mass is 10.5. The van der Waals surface area contributed by atoms with Gasteiger partial charge in [-0.3, -0.25) is 4.98 Å². The highest BCUT2D eigenvalue weighted by molar-refractivity contribution is 9.10. The van der Waals surface area contributed by atoms with Gasteiger partial charge in [0, 0.05) is 6.20 Å². The third-order valence-electron chi connectivity index (χ3n) is 0.954. The van der Waals surface area contributed by atoms with E-state index >= 15 is 0 Å². The summed E-state index contributed by atoms with van der Waals surface area (Å²) < 4.78 is 5.87. The first-order chi connectivity index (χ1) is 5.34. The molecule has 3 heteroatoms. The van der Waals surface area contributed by atoms with E-state index in [0.29, 0.717) is 0 Å². The molecule has 62 valence electrons. The summed E-state index contributed by atoms with van der Waals surface area (Å²) in [6.45, 7) is 4.00. The van der Waals surface area contributed by atoms with Crippen molar-refractivity contribution in [2.75, 3.05) is 7.11 Å². The van der Waals surface area contributed by atoms with E-state index in [2.05, 4.69) is 20.9 Å². The minimum Gasteiger partial charge on any atom is -0.494 e. The second kappa shape index (κ2) is 6.16. The van der Waals surface area contributed by atoms with Gasteiger partial charge in [0.05, 0.1) is 17.8 Å². The Hall–Kier alpha value is -0.570. The highest BCUT2D eigenvalue weighted by atomic mass is 79.9. The van der Waals surface area contributed by atoms with Gasteiger partial charge in [-0.25, -0.2) is 0 Å². The van der Waals surface area contributed by atoms with Crippen molar-refractivity contribution >= 4 is 15.9 Å². The molecule has 1 heterocycles. The van der Waals surface area contributed by atoms with Crippen molar-refractivity contribution in [1.29, 1.82) is 0 Å². The van der Waals surface area contributed by atoms with Crippen molar-refractivity contribution in [2.45, 2.75) is 13.8 Å². The van der Waals surface area contributed by atoms with Gasteiger partial charge < -0.3 is 4.74 Å². The summed E-state index contributed by atoms with van der Waals surface area (Å²) in [5, 5.41) is 0. The van der Waals surface area contributed by atoms with Crippen LogP contribution in [0.3, 0.4) is 0 Å². The van der Waals surface area contributed by atoms with Gasteiger partial charge in [0.1, 0.15) is 0 Å². The molecule has 0 fully saturated rings. The largest absolute Gasteiger partial charge is 0.494 e. The third kappa shape index (κ3) is 3.37. The van der Waals surface area contributed by atoms with Crippen molar-refractivity contribution < 1.29 is 4.74 Å². The number of aromatic nitrogens is 1. The molecule has 0 saturated heterocycles. The van der Waals surface area contributed by atoms with Crippen molar-refractivity contribution in [3.8, 4) is 5.75 Å². The van der Waals surface area contributed by atoms with E-state index in [1.54, 1.807) is 19.5 Å². The van der Waals surface area contributed by atoms with E-state index in [-0.39, 0.29) is 0 Å². The van der Waals surface area contributed by atoms with Crippen LogP contribution in [0, 0.1) is 0 Å². The molecule has 0 saturated carbocycles. The summed E-state index contributed by atoms with van der Waals surface area (Å²) in [4.78, 5) is 3.86. The lowest BCUT2D eigenvalue weighted by molar-refractivity contribution is 0.410. The van der Waals surface area contributed by atoms with Crippen LogP contribution < -0.4 is 4.74 Å². The van der Waals surface area contributed by atoms with Crippen LogP contribution in [0.2, 0.25) is 0 Å². The Bertz CT molecular complexity index is 203. The maximum atomic E-state index is 4.94. The molecule has 2 nitrogen and oxygen atoms in total. The van der Waals surface area contributed by atoms with E-state index in [4.69, 9.17) is 4.74 Å². The Balaban J connectivity index is 0.000000461. The number of ether oxygens (including phenoxy) is 1. The van der Waals surface area contributed by atoms with Crippen molar-refractivity contribution in [2.24, 2.45) is 0 Å². The maximum absolute atomic E-state index is 4.94. The molecule has 0 spiro atoms. The summed E-state index contributed by atoms with van der Waals surface area (Å²) >= 11 is 3.29. The lowest BCUT2D eigenvalue weighted by Crippen LogP contribution is -1.83. The smallest absolute Gasteiger partial charge is 0.151 e. The van der Waals surface area contributed by atoms with E-state index in [1.807, 2.05) is 19.9 Å². The van der Waals surface area contributed by atoms with E-state index in [9.17, 15) is 0 Å². The van der Waals surface area contributed by atoms with Crippen LogP contribution in [0.1, 0.15) is 13.8 Å². The first kappa shape index (κ1) is 10.4. The Morgan fingerprint density at radius 2 is 2.09 bits per heavy atom. The second-order valence-electron chi connectivity index (χ2n) is 1.51. The van der Waals surface area contributed by atoms with Gasteiger partial charge in [-0.05, 0) is 22.0 Å². The summed E-state index contributed by atoms with van der Waals surface area (Å²) in [6, 6.07) is 1.83. The highest BCUT2D eigenvalue weighted by Crippen LogP contribution is 2.21. The first-order valence-electron chi connectivity index (χ1n) is 3.48. The van der Waals surface area contributed by atoms with Crippen LogP contribution >= 0.6 is 15.9 Å². The molecule has 0 atom stereocenters. The molecule has 0 aliphatic rings. The molecule has 0 amide bonds. The number of nitrogens with zero attached hydrogens (tertiary/aromatic N) is 1. The molecule has 1 aromatic heterocycles. The topological polar surface area (TPSA) is 22.1 Å². The van der Waals surface area contributed by atoms with Crippen LogP contribution in [-0.4, -0.2) is 12.1 Å². The summed E-state index contributed by atoms with van der Waals surface area (Å²) in [5.74, 6) is 0.762. The van der Waals surface area contributed by atoms with E-state index in [0.717, 1.165) is 10.2 Å². The Morgan fingerprint density at radius 1 is 1.45 bits per heavy atom. The molecule has 0 aliphatic carbocycles. The predicted molar refractivity (Wildman–Crippen MR) is 49.8 cm³/mol. The molecule has 0 aliphatic heterocycles. The number of hydrogen-bond acceptors (Lipinski definition) is 2. The maximum Gasteiger partial charge on any atom is 0.151 e. The van der Waals surface area contributed by atoms with Gasteiger partial charge in [0.25, 0.3) is 0 Å². The van der Waals surface area contributed by atoms with Crippen LogP contribution in [0.15, 0.2) is 22.9 Å². The fourth-order valence-electron chi connectivity index (χ4n) is 0.513. The molecule has 1 aromatic rings. The van der Waals surface area contributed by atoms with Crippen LogP contribution in [0.5, 0.6) is 5.75 Å². The van der Waals surface area contributed by atoms with Crippen LogP contribution in [0.25, 0.3) is 0 Å². The zero-order valence-electron chi connectivity index (χ0n) is 6.97. The Kier molecular flexibility index (Phi) is 5.84. The number of rotatable bonds is 1. The molecule has 0 bridgehead atoms. The van der Waals surface area contributed by atoms with E-state index in [1.165, 1.54) is 0 Å². The van der Waals surface area contributed by atoms with Crippen molar-refractivity contribution in [3.63, 3.8) is 0 Å². The molecule has 11 heavy (non-hydrogen) atoms. The van der Waals surface area contributed by atoms with Gasteiger partial charge in [-0.15, -0.1) is 0 Å². The molecular formula is C8H12BrNO. The lowest BCUT2D eigenvalue weighted by Gasteiger charge is -1.98. The van der Waals surface area contributed by atoms with E-state index < -0.39 is 0 Å². The summed E-state index contributed by atoms with van der Waals surface area (Å²) in [5.41, 5.74) is 0. The number of halogens is 1. The van der Waals surface area contributed by atoms with Gasteiger partial charge in [0.15, 0.2) is 5.75 Å². The van der Waals surface area contributed by atoms with Gasteiger partial charge >= 0.3 is 0 Å². The zero-order chi connectivity index (χ0) is 8.69. The van der Waals surface area contributed by atoms with Crippen molar-refractivity contribution in [1.82, 2.24) is 4.98 Å². The minimum absolute atomic E-state index is 0.762. The molecular weight excluding hydrogens is 206 g/mol. The second-order valence-corrected chi connectivity index (χ2v) is 2.36. The standard InChI is InChI=1S/C6H6BrNO.C2H6/c1-9-6-4-8-3-2-5(6)7;1-2/h2-4H,1H3;1-2H3. The zero-order valence-corrected chi connectivity index (χ0v) is 8.55. The highest BCUT2D eigenvalue weighted by Gasteiger charge is 1.94. The molecule has 0 aromatic carbocycles. The number of pyridine rings is 1. The summed E-state index contributed by atoms with van der Waals surface area (Å²) in [6.07, 6.45) is 3.36. The quantitative estimate of drug-likeness (QED) is 0.722. The Labute approximate surface area is 75.7 Å². The van der Waals surface area contributed by atoms with Gasteiger partial charge in [0.2, 0.25) is 0 Å². The number of hydrogen-bond donors (Lipinski definition) is 0. The fraction of sp³-hybridized carbons (Fsp3) is 0.375. The fourth-order valence-corrected chi connectivity index (χ4v) is 0.896. The normalized spacial score (nSPS) is 8.00. The molecule has 0 radical (unpaired) electrons. The van der Waals surface area contributed by atoms with Gasteiger partial charge in [-0.2, -0.15) is 0 Å². The molecule has 1 rings (SSSR count). The summed E-state index contributed by atoms with van der Waals surface area (Å²) in [7, 11) is 1.61. The predicted octanol–water partition coefficient (Wildman–Crippen LogP) is 2.88. The minimum atomic E-state index is 0.762. The third-order valence-corrected chi connectivity index (χ3v) is 1.61. The van der Waals surface area contributed by atoms with Crippen molar-refractivity contribution in [3.05, 3.63) is 22.9 Å². The van der Waals surface area contributed by atoms with Crippen LogP contribution in [-0.2, 0) is 0 Å².